The Balaban J connectivity index is 1.69. The smallest absolute Gasteiger partial charge is 0.341 e. The highest BCUT2D eigenvalue weighted by Gasteiger charge is 2.31. The van der Waals surface area contributed by atoms with E-state index in [1.807, 2.05) is 11.8 Å². The van der Waals surface area contributed by atoms with Gasteiger partial charge in [0.05, 0.1) is 5.39 Å². The summed E-state index contributed by atoms with van der Waals surface area (Å²) in [4.78, 5) is 34.3. The molecule has 0 unspecified atom stereocenters. The van der Waals surface area contributed by atoms with Gasteiger partial charge in [0, 0.05) is 23.9 Å². The van der Waals surface area contributed by atoms with Gasteiger partial charge in [0.15, 0.2) is 5.65 Å². The van der Waals surface area contributed by atoms with Gasteiger partial charge in [0.2, 0.25) is 5.91 Å². The molecule has 0 spiro atoms. The molecule has 1 saturated carbocycles. The number of thiophene rings is 1. The number of likely N-dealkylation sites (tertiary alicyclic amines) is 1. The maximum Gasteiger partial charge on any atom is 0.352 e. The molecule has 5 rings (SSSR count). The molecule has 0 bridgehead atoms. The number of carbonyl (C=O) groups is 1. The van der Waals surface area contributed by atoms with Crippen LogP contribution in [0.15, 0.2) is 4.79 Å². The minimum absolute atomic E-state index is 0.00821. The number of hydrogen-bond donors (Lipinski definition) is 0. The number of fused-ring (bicyclic) bond motifs is 3. The molecule has 136 valence electrons. The van der Waals surface area contributed by atoms with Crippen molar-refractivity contribution in [1.82, 2.24) is 24.1 Å². The number of aryl methyl sites for hydroxylation is 2. The van der Waals surface area contributed by atoms with Gasteiger partial charge < -0.3 is 4.90 Å². The minimum Gasteiger partial charge on any atom is -0.341 e. The standard InChI is InChI=1S/C18H21N5O2S/c1-10-11(2)26-17-14(10)16-20-22(9-13(24)21-7-3-4-8-21)18(25)23(16)15(19-17)12-5-6-12/h12H,3-9H2,1-2H3. The minimum atomic E-state index is -0.243. The maximum atomic E-state index is 13.0. The van der Waals surface area contributed by atoms with Gasteiger partial charge in [-0.25, -0.2) is 18.9 Å². The Bertz CT molecular complexity index is 1100. The van der Waals surface area contributed by atoms with Crippen LogP contribution in [0.5, 0.6) is 0 Å². The van der Waals surface area contributed by atoms with Crippen molar-refractivity contribution < 1.29 is 4.79 Å². The molecule has 0 atom stereocenters. The molecule has 1 amide bonds. The topological polar surface area (TPSA) is 72.5 Å². The Kier molecular flexibility index (Phi) is 3.47. The van der Waals surface area contributed by atoms with Gasteiger partial charge in [0.25, 0.3) is 0 Å². The van der Waals surface area contributed by atoms with E-state index in [1.54, 1.807) is 15.7 Å². The molecule has 1 aliphatic heterocycles. The predicted molar refractivity (Wildman–Crippen MR) is 99.9 cm³/mol. The summed E-state index contributed by atoms with van der Waals surface area (Å²) in [6.45, 7) is 5.69. The summed E-state index contributed by atoms with van der Waals surface area (Å²) in [5, 5.41) is 5.53. The van der Waals surface area contributed by atoms with Gasteiger partial charge in [-0.3, -0.25) is 4.79 Å². The Hall–Kier alpha value is -2.22. The van der Waals surface area contributed by atoms with Crippen LogP contribution in [0.3, 0.4) is 0 Å². The van der Waals surface area contributed by atoms with Crippen molar-refractivity contribution in [3.63, 3.8) is 0 Å². The van der Waals surface area contributed by atoms with Gasteiger partial charge in [-0.15, -0.1) is 16.4 Å². The van der Waals surface area contributed by atoms with Gasteiger partial charge in [-0.05, 0) is 45.1 Å². The first-order valence-electron chi connectivity index (χ1n) is 9.21. The van der Waals surface area contributed by atoms with E-state index in [1.165, 1.54) is 9.56 Å². The Morgan fingerprint density at radius 1 is 1.23 bits per heavy atom. The molecular formula is C18H21N5O2S. The van der Waals surface area contributed by atoms with E-state index >= 15 is 0 Å². The molecule has 7 nitrogen and oxygen atoms in total. The molecule has 0 aromatic carbocycles. The van der Waals surface area contributed by atoms with Crippen molar-refractivity contribution in [3.8, 4) is 0 Å². The van der Waals surface area contributed by atoms with Crippen LogP contribution in [0.4, 0.5) is 0 Å². The van der Waals surface area contributed by atoms with Crippen LogP contribution in [-0.4, -0.2) is 43.1 Å². The van der Waals surface area contributed by atoms with E-state index in [0.29, 0.717) is 11.6 Å². The van der Waals surface area contributed by atoms with Gasteiger partial charge in [-0.1, -0.05) is 0 Å². The summed E-state index contributed by atoms with van der Waals surface area (Å²) in [5.41, 5.74) is 1.53. The lowest BCUT2D eigenvalue weighted by molar-refractivity contribution is -0.131. The second kappa shape index (κ2) is 5.64. The highest BCUT2D eigenvalue weighted by molar-refractivity contribution is 7.18. The van der Waals surface area contributed by atoms with Crippen LogP contribution in [0.25, 0.3) is 15.9 Å². The highest BCUT2D eigenvalue weighted by Crippen LogP contribution is 2.41. The molecule has 8 heteroatoms. The number of nitrogens with zero attached hydrogens (tertiary/aromatic N) is 5. The quantitative estimate of drug-likeness (QED) is 0.708. The summed E-state index contributed by atoms with van der Waals surface area (Å²) in [7, 11) is 0. The fourth-order valence-electron chi connectivity index (χ4n) is 3.79. The molecule has 3 aromatic heterocycles. The van der Waals surface area contributed by atoms with E-state index in [9.17, 15) is 9.59 Å². The lowest BCUT2D eigenvalue weighted by Crippen LogP contribution is -2.35. The number of rotatable bonds is 3. The van der Waals surface area contributed by atoms with Gasteiger partial charge in [-0.2, -0.15) is 0 Å². The van der Waals surface area contributed by atoms with Crippen molar-refractivity contribution >= 4 is 33.1 Å². The third-order valence-electron chi connectivity index (χ3n) is 5.56. The summed E-state index contributed by atoms with van der Waals surface area (Å²) < 4.78 is 2.98. The van der Waals surface area contributed by atoms with E-state index in [4.69, 9.17) is 4.98 Å². The molecular weight excluding hydrogens is 350 g/mol. The molecule has 26 heavy (non-hydrogen) atoms. The van der Waals surface area contributed by atoms with E-state index < -0.39 is 0 Å². The van der Waals surface area contributed by atoms with Crippen molar-refractivity contribution in [1.29, 1.82) is 0 Å². The van der Waals surface area contributed by atoms with Crippen molar-refractivity contribution in [2.45, 2.75) is 52.0 Å². The molecule has 2 fully saturated rings. The maximum absolute atomic E-state index is 13.0. The first-order chi connectivity index (χ1) is 12.5. The second-order valence-corrected chi connectivity index (χ2v) is 8.60. The monoisotopic (exact) mass is 371 g/mol. The average molecular weight is 371 g/mol. The zero-order chi connectivity index (χ0) is 18.0. The summed E-state index contributed by atoms with van der Waals surface area (Å²) >= 11 is 1.65. The average Bonchev–Trinajstić information content (AvgIpc) is 3.09. The van der Waals surface area contributed by atoms with Crippen LogP contribution in [0.2, 0.25) is 0 Å². The zero-order valence-corrected chi connectivity index (χ0v) is 15.8. The van der Waals surface area contributed by atoms with Crippen LogP contribution in [0.1, 0.15) is 47.9 Å². The number of carbonyl (C=O) groups excluding carboxylic acids is 1. The molecule has 3 aromatic rings. The van der Waals surface area contributed by atoms with Crippen LogP contribution < -0.4 is 5.69 Å². The fourth-order valence-corrected chi connectivity index (χ4v) is 4.83. The second-order valence-electron chi connectivity index (χ2n) is 7.39. The molecule has 0 radical (unpaired) electrons. The third kappa shape index (κ3) is 2.31. The number of hydrogen-bond acceptors (Lipinski definition) is 5. The van der Waals surface area contributed by atoms with E-state index in [0.717, 1.165) is 60.4 Å². The van der Waals surface area contributed by atoms with E-state index in [-0.39, 0.29) is 18.1 Å². The third-order valence-corrected chi connectivity index (χ3v) is 6.66. The fraction of sp³-hybridized carbons (Fsp3) is 0.556. The lowest BCUT2D eigenvalue weighted by atomic mass is 10.2. The molecule has 2 aliphatic rings. The SMILES string of the molecule is Cc1sc2nc(C3CC3)n3c(=O)n(CC(=O)N4CCCC4)nc3c2c1C. The Labute approximate surface area is 154 Å². The molecule has 1 saturated heterocycles. The van der Waals surface area contributed by atoms with Gasteiger partial charge >= 0.3 is 5.69 Å². The van der Waals surface area contributed by atoms with Crippen LogP contribution in [0, 0.1) is 13.8 Å². The summed E-state index contributed by atoms with van der Waals surface area (Å²) in [5.74, 6) is 1.11. The van der Waals surface area contributed by atoms with E-state index in [2.05, 4.69) is 12.0 Å². The Morgan fingerprint density at radius 2 is 1.96 bits per heavy atom. The predicted octanol–water partition coefficient (Wildman–Crippen LogP) is 2.22. The lowest BCUT2D eigenvalue weighted by Gasteiger charge is -2.14. The number of amides is 1. The normalized spacial score (nSPS) is 17.7. The first kappa shape index (κ1) is 16.0. The van der Waals surface area contributed by atoms with Gasteiger partial charge in [0.1, 0.15) is 17.2 Å². The molecule has 1 aliphatic carbocycles. The van der Waals surface area contributed by atoms with Crippen LogP contribution >= 0.6 is 11.3 Å². The summed E-state index contributed by atoms with van der Waals surface area (Å²) in [6.07, 6.45) is 4.19. The van der Waals surface area contributed by atoms with Crippen LogP contribution in [-0.2, 0) is 11.3 Å². The zero-order valence-electron chi connectivity index (χ0n) is 15.0. The molecule has 0 N–H and O–H groups in total. The number of aromatic nitrogens is 4. The largest absolute Gasteiger partial charge is 0.352 e. The first-order valence-corrected chi connectivity index (χ1v) is 10.0. The van der Waals surface area contributed by atoms with Crippen molar-refractivity contribution in [2.75, 3.05) is 13.1 Å². The van der Waals surface area contributed by atoms with Crippen molar-refractivity contribution in [3.05, 3.63) is 26.7 Å². The summed E-state index contributed by atoms with van der Waals surface area (Å²) in [6, 6.07) is 0. The van der Waals surface area contributed by atoms with Crippen molar-refractivity contribution in [2.24, 2.45) is 0 Å². The highest BCUT2D eigenvalue weighted by atomic mass is 32.1. The Morgan fingerprint density at radius 3 is 2.65 bits per heavy atom. The molecule has 4 heterocycles.